The average Bonchev–Trinajstić information content (AvgIpc) is 2.74. The highest BCUT2D eigenvalue weighted by molar-refractivity contribution is 5.48. The zero-order valence-corrected chi connectivity index (χ0v) is 10.1. The van der Waals surface area contributed by atoms with Crippen LogP contribution in [-0.2, 0) is 0 Å². The lowest BCUT2D eigenvalue weighted by Gasteiger charge is -2.20. The maximum absolute atomic E-state index is 5.46. The van der Waals surface area contributed by atoms with E-state index in [0.29, 0.717) is 12.0 Å². The molecule has 1 heterocycles. The highest BCUT2D eigenvalue weighted by Crippen LogP contribution is 2.39. The van der Waals surface area contributed by atoms with Crippen LogP contribution >= 0.6 is 0 Å². The monoisotopic (exact) mass is 221 g/mol. The highest BCUT2D eigenvalue weighted by Gasteiger charge is 2.27. The van der Waals surface area contributed by atoms with Gasteiger partial charge < -0.3 is 14.8 Å². The Morgan fingerprint density at radius 1 is 1.25 bits per heavy atom. The van der Waals surface area contributed by atoms with Gasteiger partial charge in [0.2, 0.25) is 0 Å². The van der Waals surface area contributed by atoms with Gasteiger partial charge in [0, 0.05) is 11.6 Å². The first-order valence-electron chi connectivity index (χ1n) is 5.72. The van der Waals surface area contributed by atoms with Crippen molar-refractivity contribution in [1.29, 1.82) is 0 Å². The lowest BCUT2D eigenvalue weighted by molar-refractivity contribution is 0.344. The maximum Gasteiger partial charge on any atom is 0.165 e. The molecule has 88 valence electrons. The summed E-state index contributed by atoms with van der Waals surface area (Å²) < 4.78 is 10.8. The van der Waals surface area contributed by atoms with Crippen LogP contribution < -0.4 is 14.8 Å². The molecule has 0 aliphatic carbocycles. The third-order valence-electron chi connectivity index (χ3n) is 3.30. The zero-order valence-electron chi connectivity index (χ0n) is 10.1. The van der Waals surface area contributed by atoms with Gasteiger partial charge in [-0.25, -0.2) is 0 Å². The van der Waals surface area contributed by atoms with Gasteiger partial charge in [-0.15, -0.1) is 0 Å². The molecule has 2 rings (SSSR count). The Balaban J connectivity index is 2.39. The summed E-state index contributed by atoms with van der Waals surface area (Å²) in [7, 11) is 3.37. The third-order valence-corrected chi connectivity index (χ3v) is 3.30. The summed E-state index contributed by atoms with van der Waals surface area (Å²) in [6.07, 6.45) is 1.21. The quantitative estimate of drug-likeness (QED) is 0.850. The van der Waals surface area contributed by atoms with Crippen LogP contribution in [0.5, 0.6) is 11.5 Å². The van der Waals surface area contributed by atoms with E-state index in [-0.39, 0.29) is 0 Å². The van der Waals surface area contributed by atoms with Gasteiger partial charge >= 0.3 is 0 Å². The summed E-state index contributed by atoms with van der Waals surface area (Å²) in [5, 5.41) is 3.51. The van der Waals surface area contributed by atoms with Crippen LogP contribution in [0.4, 0.5) is 0 Å². The average molecular weight is 221 g/mol. The molecule has 1 aromatic rings. The van der Waals surface area contributed by atoms with E-state index in [0.717, 1.165) is 18.0 Å². The van der Waals surface area contributed by atoms with Crippen molar-refractivity contribution in [1.82, 2.24) is 5.32 Å². The smallest absolute Gasteiger partial charge is 0.165 e. The van der Waals surface area contributed by atoms with Crippen LogP contribution in [0.3, 0.4) is 0 Å². The topological polar surface area (TPSA) is 30.5 Å². The van der Waals surface area contributed by atoms with Crippen LogP contribution in [0.2, 0.25) is 0 Å². The van der Waals surface area contributed by atoms with E-state index in [9.17, 15) is 0 Å². The predicted molar refractivity (Wildman–Crippen MR) is 64.1 cm³/mol. The number of hydrogen-bond acceptors (Lipinski definition) is 3. The Bertz CT molecular complexity index is 365. The normalized spacial score (nSPS) is 24.4. The number of hydrogen-bond donors (Lipinski definition) is 1. The number of benzene rings is 1. The van der Waals surface area contributed by atoms with Crippen molar-refractivity contribution in [3.8, 4) is 11.5 Å². The zero-order chi connectivity index (χ0) is 11.5. The van der Waals surface area contributed by atoms with Crippen LogP contribution in [-0.4, -0.2) is 20.8 Å². The molecule has 0 aromatic heterocycles. The summed E-state index contributed by atoms with van der Waals surface area (Å²) in [5.74, 6) is 2.30. The molecule has 16 heavy (non-hydrogen) atoms. The number of nitrogens with one attached hydrogen (secondary N) is 1. The molecule has 3 nitrogen and oxygen atoms in total. The van der Waals surface area contributed by atoms with E-state index < -0.39 is 0 Å². The molecule has 1 saturated heterocycles. The predicted octanol–water partition coefficient (Wildman–Crippen LogP) is 2.37. The first kappa shape index (κ1) is 11.3. The molecule has 3 heteroatoms. The lowest BCUT2D eigenvalue weighted by atomic mass is 9.95. The molecule has 1 aromatic carbocycles. The second kappa shape index (κ2) is 4.74. The molecule has 0 amide bonds. The summed E-state index contributed by atoms with van der Waals surface area (Å²) in [6.45, 7) is 3.34. The van der Waals surface area contributed by atoms with Crippen molar-refractivity contribution >= 4 is 0 Å². The van der Waals surface area contributed by atoms with E-state index >= 15 is 0 Å². The van der Waals surface area contributed by atoms with Crippen LogP contribution in [0.1, 0.15) is 24.9 Å². The van der Waals surface area contributed by atoms with Crippen LogP contribution in [0, 0.1) is 5.92 Å². The molecule has 0 bridgehead atoms. The third kappa shape index (κ3) is 1.87. The van der Waals surface area contributed by atoms with Crippen molar-refractivity contribution in [3.63, 3.8) is 0 Å². The van der Waals surface area contributed by atoms with Crippen molar-refractivity contribution in [2.45, 2.75) is 19.4 Å². The van der Waals surface area contributed by atoms with E-state index in [4.69, 9.17) is 9.47 Å². The van der Waals surface area contributed by atoms with Gasteiger partial charge in [-0.05, 0) is 24.9 Å². The lowest BCUT2D eigenvalue weighted by Crippen LogP contribution is -2.17. The van der Waals surface area contributed by atoms with Crippen LogP contribution in [0.15, 0.2) is 18.2 Å². The molecule has 2 atom stereocenters. The van der Waals surface area contributed by atoms with Gasteiger partial charge in [-0.1, -0.05) is 19.1 Å². The minimum Gasteiger partial charge on any atom is -0.493 e. The number of rotatable bonds is 3. The molecule has 1 N–H and O–H groups in total. The standard InChI is InChI=1S/C13H19NO2/c1-9-7-8-14-12(9)10-5-4-6-11(15-2)13(10)16-3/h4-6,9,12,14H,7-8H2,1-3H3. The number of para-hydroxylation sites is 1. The van der Waals surface area contributed by atoms with E-state index in [1.54, 1.807) is 14.2 Å². The molecular formula is C13H19NO2. The van der Waals surface area contributed by atoms with Crippen molar-refractivity contribution in [2.75, 3.05) is 20.8 Å². The molecule has 1 aliphatic rings. The summed E-state index contributed by atoms with van der Waals surface area (Å²) in [5.41, 5.74) is 1.20. The Labute approximate surface area is 96.8 Å². The fraction of sp³-hybridized carbons (Fsp3) is 0.538. The number of methoxy groups -OCH3 is 2. The van der Waals surface area contributed by atoms with Gasteiger partial charge in [0.1, 0.15) is 0 Å². The molecule has 0 spiro atoms. The fourth-order valence-electron chi connectivity index (χ4n) is 2.41. The van der Waals surface area contributed by atoms with Gasteiger partial charge in [0.05, 0.1) is 14.2 Å². The molecule has 1 fully saturated rings. The van der Waals surface area contributed by atoms with Crippen molar-refractivity contribution in [3.05, 3.63) is 23.8 Å². The number of ether oxygens (including phenoxy) is 2. The van der Waals surface area contributed by atoms with E-state index in [1.807, 2.05) is 12.1 Å². The first-order valence-corrected chi connectivity index (χ1v) is 5.72. The molecule has 0 saturated carbocycles. The molecule has 1 aliphatic heterocycles. The van der Waals surface area contributed by atoms with Gasteiger partial charge in [0.15, 0.2) is 11.5 Å². The minimum absolute atomic E-state index is 0.380. The molecule has 2 unspecified atom stereocenters. The largest absolute Gasteiger partial charge is 0.493 e. The minimum atomic E-state index is 0.380. The van der Waals surface area contributed by atoms with Gasteiger partial charge in [-0.2, -0.15) is 0 Å². The molecular weight excluding hydrogens is 202 g/mol. The summed E-state index contributed by atoms with van der Waals surface area (Å²) in [4.78, 5) is 0. The van der Waals surface area contributed by atoms with Gasteiger partial charge in [-0.3, -0.25) is 0 Å². The Kier molecular flexibility index (Phi) is 3.34. The SMILES string of the molecule is COc1cccc(C2NCCC2C)c1OC. The van der Waals surface area contributed by atoms with E-state index in [1.165, 1.54) is 12.0 Å². The fourth-order valence-corrected chi connectivity index (χ4v) is 2.41. The van der Waals surface area contributed by atoms with E-state index in [2.05, 4.69) is 18.3 Å². The van der Waals surface area contributed by atoms with Crippen LogP contribution in [0.25, 0.3) is 0 Å². The Hall–Kier alpha value is -1.22. The van der Waals surface area contributed by atoms with Crippen molar-refractivity contribution in [2.24, 2.45) is 5.92 Å². The second-order valence-corrected chi connectivity index (χ2v) is 4.28. The van der Waals surface area contributed by atoms with Gasteiger partial charge in [0.25, 0.3) is 0 Å². The summed E-state index contributed by atoms with van der Waals surface area (Å²) in [6, 6.07) is 6.44. The Morgan fingerprint density at radius 2 is 2.06 bits per heavy atom. The first-order chi connectivity index (χ1) is 7.77. The molecule has 0 radical (unpaired) electrons. The highest BCUT2D eigenvalue weighted by atomic mass is 16.5. The Morgan fingerprint density at radius 3 is 2.62 bits per heavy atom. The second-order valence-electron chi connectivity index (χ2n) is 4.28. The maximum atomic E-state index is 5.46. The van der Waals surface area contributed by atoms with Crippen molar-refractivity contribution < 1.29 is 9.47 Å². The summed E-state index contributed by atoms with van der Waals surface area (Å²) >= 11 is 0.